The Hall–Kier alpha value is -1.88. The summed E-state index contributed by atoms with van der Waals surface area (Å²) >= 11 is 17.2. The zero-order valence-electron chi connectivity index (χ0n) is 14.6. The molecule has 3 nitrogen and oxygen atoms in total. The number of carbonyl (C=O) groups excluding carboxylic acids is 1. The molecule has 0 saturated heterocycles. The van der Waals surface area contributed by atoms with E-state index in [-0.39, 0.29) is 11.0 Å². The molecule has 2 aromatic rings. The summed E-state index contributed by atoms with van der Waals surface area (Å²) in [4.78, 5) is 12.1. The Bertz CT molecular complexity index is 836. The second-order valence-corrected chi connectivity index (χ2v) is 7.09. The van der Waals surface area contributed by atoms with E-state index in [9.17, 15) is 4.79 Å². The van der Waals surface area contributed by atoms with Gasteiger partial charge in [-0.25, -0.2) is 0 Å². The minimum Gasteiger partial charge on any atom is -0.332 e. The van der Waals surface area contributed by atoms with Crippen molar-refractivity contribution in [2.24, 2.45) is 0 Å². The van der Waals surface area contributed by atoms with Crippen molar-refractivity contribution in [2.75, 3.05) is 5.32 Å². The van der Waals surface area contributed by atoms with Crippen LogP contribution in [0.3, 0.4) is 0 Å². The van der Waals surface area contributed by atoms with Gasteiger partial charge in [0, 0.05) is 21.8 Å². The number of hydrogen-bond donors (Lipinski definition) is 2. The van der Waals surface area contributed by atoms with Crippen LogP contribution in [0, 0.1) is 0 Å². The molecule has 1 atom stereocenters. The number of rotatable bonds is 5. The predicted octanol–water partition coefficient (Wildman–Crippen LogP) is 6.03. The highest BCUT2D eigenvalue weighted by Gasteiger charge is 2.10. The van der Waals surface area contributed by atoms with Gasteiger partial charge in [-0.1, -0.05) is 61.3 Å². The van der Waals surface area contributed by atoms with Gasteiger partial charge in [-0.05, 0) is 60.0 Å². The van der Waals surface area contributed by atoms with Crippen LogP contribution in [0.1, 0.15) is 37.3 Å². The van der Waals surface area contributed by atoms with E-state index >= 15 is 0 Å². The van der Waals surface area contributed by atoms with Crippen molar-refractivity contribution in [1.29, 1.82) is 0 Å². The van der Waals surface area contributed by atoms with Gasteiger partial charge in [-0.2, -0.15) is 0 Å². The van der Waals surface area contributed by atoms with Crippen molar-refractivity contribution in [3.8, 4) is 0 Å². The molecular weight excluding hydrogens is 387 g/mol. The molecule has 1 amide bonds. The van der Waals surface area contributed by atoms with E-state index in [0.717, 1.165) is 17.7 Å². The molecule has 2 N–H and O–H groups in total. The summed E-state index contributed by atoms with van der Waals surface area (Å²) in [6.07, 6.45) is 4.01. The number of para-hydroxylation sites is 1. The molecule has 136 valence electrons. The van der Waals surface area contributed by atoms with E-state index in [0.29, 0.717) is 21.5 Å². The fourth-order valence-electron chi connectivity index (χ4n) is 2.37. The normalized spacial score (nSPS) is 12.0. The summed E-state index contributed by atoms with van der Waals surface area (Å²) in [6.45, 7) is 4.29. The molecule has 2 aromatic carbocycles. The van der Waals surface area contributed by atoms with Gasteiger partial charge in [0.25, 0.3) is 0 Å². The molecule has 6 heteroatoms. The molecule has 0 heterocycles. The average Bonchev–Trinajstić information content (AvgIpc) is 2.60. The predicted molar refractivity (Wildman–Crippen MR) is 115 cm³/mol. The zero-order chi connectivity index (χ0) is 19.1. The third-order valence-electron chi connectivity index (χ3n) is 3.97. The van der Waals surface area contributed by atoms with Crippen LogP contribution in [0.4, 0.5) is 5.69 Å². The van der Waals surface area contributed by atoms with Crippen LogP contribution in [0.2, 0.25) is 10.0 Å². The van der Waals surface area contributed by atoms with Crippen LogP contribution >= 0.6 is 35.4 Å². The number of nitrogens with one attached hydrogen (secondary N) is 2. The van der Waals surface area contributed by atoms with Crippen LogP contribution in [0.15, 0.2) is 48.5 Å². The highest BCUT2D eigenvalue weighted by molar-refractivity contribution is 7.80. The largest absolute Gasteiger partial charge is 0.332 e. The van der Waals surface area contributed by atoms with Gasteiger partial charge < -0.3 is 5.32 Å². The fourth-order valence-corrected chi connectivity index (χ4v) is 3.05. The third kappa shape index (κ3) is 5.84. The first-order valence-corrected chi connectivity index (χ1v) is 9.41. The summed E-state index contributed by atoms with van der Waals surface area (Å²) in [6, 6.07) is 13.0. The molecule has 0 saturated carbocycles. The summed E-state index contributed by atoms with van der Waals surface area (Å²) in [5.41, 5.74) is 2.76. The minimum absolute atomic E-state index is 0.248. The number of amides is 1. The molecule has 0 radical (unpaired) electrons. The maximum atomic E-state index is 12.1. The number of benzene rings is 2. The van der Waals surface area contributed by atoms with E-state index in [2.05, 4.69) is 30.5 Å². The Morgan fingerprint density at radius 2 is 1.96 bits per heavy atom. The van der Waals surface area contributed by atoms with Gasteiger partial charge in [0.2, 0.25) is 5.91 Å². The molecule has 26 heavy (non-hydrogen) atoms. The van der Waals surface area contributed by atoms with Gasteiger partial charge in [-0.3, -0.25) is 10.1 Å². The quantitative estimate of drug-likeness (QED) is 0.470. The highest BCUT2D eigenvalue weighted by atomic mass is 35.5. The topological polar surface area (TPSA) is 41.1 Å². The average molecular weight is 407 g/mol. The number of thiocarbonyl (C=S) groups is 1. The zero-order valence-corrected chi connectivity index (χ0v) is 16.9. The molecule has 0 unspecified atom stereocenters. The van der Waals surface area contributed by atoms with Gasteiger partial charge in [-0.15, -0.1) is 0 Å². The summed E-state index contributed by atoms with van der Waals surface area (Å²) in [7, 11) is 0. The van der Waals surface area contributed by atoms with Crippen LogP contribution < -0.4 is 10.6 Å². The highest BCUT2D eigenvalue weighted by Crippen LogP contribution is 2.26. The van der Waals surface area contributed by atoms with E-state index < -0.39 is 0 Å². The van der Waals surface area contributed by atoms with E-state index in [1.807, 2.05) is 18.2 Å². The second kappa shape index (κ2) is 9.72. The number of hydrogen-bond acceptors (Lipinski definition) is 2. The van der Waals surface area contributed by atoms with Crippen LogP contribution in [-0.4, -0.2) is 11.0 Å². The molecular formula is C20H20Cl2N2OS. The Labute approximate surface area is 169 Å². The number of anilines is 1. The molecule has 0 aliphatic heterocycles. The first kappa shape index (κ1) is 20.4. The van der Waals surface area contributed by atoms with Crippen molar-refractivity contribution in [3.05, 3.63) is 69.7 Å². The van der Waals surface area contributed by atoms with E-state index in [4.69, 9.17) is 35.4 Å². The molecule has 2 rings (SSSR count). The molecule has 0 aliphatic carbocycles. The van der Waals surface area contributed by atoms with Crippen molar-refractivity contribution < 1.29 is 4.79 Å². The SMILES string of the molecule is CC[C@@H](C)c1ccccc1NC(=S)NC(=O)/C=C/c1ccc(Cl)cc1Cl. The Balaban J connectivity index is 2.00. The minimum atomic E-state index is -0.338. The summed E-state index contributed by atoms with van der Waals surface area (Å²) in [5, 5.41) is 7.00. The molecule has 0 aromatic heterocycles. The molecule has 0 bridgehead atoms. The van der Waals surface area contributed by atoms with Gasteiger partial charge in [0.1, 0.15) is 0 Å². The Morgan fingerprint density at radius 1 is 1.23 bits per heavy atom. The van der Waals surface area contributed by atoms with Gasteiger partial charge in [0.05, 0.1) is 0 Å². The van der Waals surface area contributed by atoms with E-state index in [1.54, 1.807) is 24.3 Å². The van der Waals surface area contributed by atoms with Crippen molar-refractivity contribution >= 4 is 58.2 Å². The fraction of sp³-hybridized carbons (Fsp3) is 0.200. The molecule has 0 spiro atoms. The monoisotopic (exact) mass is 406 g/mol. The smallest absolute Gasteiger partial charge is 0.250 e. The standard InChI is InChI=1S/C20H20Cl2N2OS/c1-3-13(2)16-6-4-5-7-18(16)23-20(26)24-19(25)11-9-14-8-10-15(21)12-17(14)22/h4-13H,3H2,1-2H3,(H2,23,24,25,26)/b11-9+/t13-/m1/s1. The number of carbonyl (C=O) groups is 1. The van der Waals surface area contributed by atoms with Crippen molar-refractivity contribution in [3.63, 3.8) is 0 Å². The third-order valence-corrected chi connectivity index (χ3v) is 4.73. The van der Waals surface area contributed by atoms with Crippen molar-refractivity contribution in [1.82, 2.24) is 5.32 Å². The van der Waals surface area contributed by atoms with E-state index in [1.165, 1.54) is 6.08 Å². The lowest BCUT2D eigenvalue weighted by atomic mass is 9.97. The Morgan fingerprint density at radius 3 is 2.65 bits per heavy atom. The van der Waals surface area contributed by atoms with Gasteiger partial charge >= 0.3 is 0 Å². The summed E-state index contributed by atoms with van der Waals surface area (Å²) < 4.78 is 0. The van der Waals surface area contributed by atoms with Crippen LogP contribution in [-0.2, 0) is 4.79 Å². The van der Waals surface area contributed by atoms with Crippen LogP contribution in [0.5, 0.6) is 0 Å². The van der Waals surface area contributed by atoms with Gasteiger partial charge in [0.15, 0.2) is 5.11 Å². The lowest BCUT2D eigenvalue weighted by molar-refractivity contribution is -0.115. The van der Waals surface area contributed by atoms with Crippen LogP contribution in [0.25, 0.3) is 6.08 Å². The first-order chi connectivity index (χ1) is 12.4. The Kier molecular flexibility index (Phi) is 7.64. The van der Waals surface area contributed by atoms with Crippen molar-refractivity contribution in [2.45, 2.75) is 26.2 Å². The lowest BCUT2D eigenvalue weighted by Crippen LogP contribution is -2.33. The molecule has 0 aliphatic rings. The summed E-state index contributed by atoms with van der Waals surface area (Å²) in [5.74, 6) is 0.0543. The first-order valence-electron chi connectivity index (χ1n) is 8.24. The maximum absolute atomic E-state index is 12.1. The maximum Gasteiger partial charge on any atom is 0.250 e. The second-order valence-electron chi connectivity index (χ2n) is 5.84. The lowest BCUT2D eigenvalue weighted by Gasteiger charge is -2.16. The molecule has 0 fully saturated rings. The number of halogens is 2.